The summed E-state index contributed by atoms with van der Waals surface area (Å²) in [6, 6.07) is 12.8. The van der Waals surface area contributed by atoms with E-state index >= 15 is 0 Å². The van der Waals surface area contributed by atoms with Gasteiger partial charge in [-0.1, -0.05) is 0 Å². The van der Waals surface area contributed by atoms with Crippen molar-refractivity contribution in [3.05, 3.63) is 52.0 Å². The molecule has 0 atom stereocenters. The highest BCUT2D eigenvalue weighted by Gasteiger charge is 2.08. The second-order valence-corrected chi connectivity index (χ2v) is 5.08. The van der Waals surface area contributed by atoms with Gasteiger partial charge in [0.1, 0.15) is 23.9 Å². The molecule has 0 radical (unpaired) electrons. The molecule has 2 aromatic carbocycles. The number of benzene rings is 2. The van der Waals surface area contributed by atoms with Crippen LogP contribution in [0.5, 0.6) is 17.2 Å². The SMILES string of the molecule is COc1ccc(OCc2cc(C#N)ccc2OC)c(Br)c1. The van der Waals surface area contributed by atoms with Gasteiger partial charge in [-0.15, -0.1) is 0 Å². The highest BCUT2D eigenvalue weighted by molar-refractivity contribution is 9.10. The van der Waals surface area contributed by atoms with Gasteiger partial charge in [-0.25, -0.2) is 0 Å². The molecule has 0 fully saturated rings. The topological polar surface area (TPSA) is 51.5 Å². The molecule has 5 heteroatoms. The zero-order valence-corrected chi connectivity index (χ0v) is 13.3. The number of nitrogens with zero attached hydrogens (tertiary/aromatic N) is 1. The van der Waals surface area contributed by atoms with Crippen molar-refractivity contribution in [1.82, 2.24) is 0 Å². The van der Waals surface area contributed by atoms with Crippen LogP contribution in [-0.4, -0.2) is 14.2 Å². The van der Waals surface area contributed by atoms with Crippen molar-refractivity contribution < 1.29 is 14.2 Å². The standard InChI is InChI=1S/C16H14BrNO3/c1-19-13-4-6-16(14(17)8-13)21-10-12-7-11(9-18)3-5-15(12)20-2/h3-8H,10H2,1-2H3. The first-order chi connectivity index (χ1) is 10.2. The zero-order chi connectivity index (χ0) is 15.2. The summed E-state index contributed by atoms with van der Waals surface area (Å²) >= 11 is 3.44. The Labute approximate surface area is 132 Å². The van der Waals surface area contributed by atoms with Crippen LogP contribution in [-0.2, 0) is 6.61 Å². The van der Waals surface area contributed by atoms with Crippen LogP contribution in [0.15, 0.2) is 40.9 Å². The van der Waals surface area contributed by atoms with Gasteiger partial charge in [0.25, 0.3) is 0 Å². The van der Waals surface area contributed by atoms with E-state index in [9.17, 15) is 0 Å². The second kappa shape index (κ2) is 7.00. The lowest BCUT2D eigenvalue weighted by molar-refractivity contribution is 0.294. The largest absolute Gasteiger partial charge is 0.497 e. The fourth-order valence-corrected chi connectivity index (χ4v) is 2.31. The van der Waals surface area contributed by atoms with Gasteiger partial charge in [-0.2, -0.15) is 5.26 Å². The van der Waals surface area contributed by atoms with Gasteiger partial charge in [-0.05, 0) is 52.3 Å². The average molecular weight is 348 g/mol. The number of ether oxygens (including phenoxy) is 3. The van der Waals surface area contributed by atoms with Crippen LogP contribution < -0.4 is 14.2 Å². The fraction of sp³-hybridized carbons (Fsp3) is 0.188. The normalized spacial score (nSPS) is 9.81. The van der Waals surface area contributed by atoms with E-state index < -0.39 is 0 Å². The number of halogens is 1. The lowest BCUT2D eigenvalue weighted by Gasteiger charge is -2.12. The summed E-state index contributed by atoms with van der Waals surface area (Å²) in [5, 5.41) is 8.96. The van der Waals surface area contributed by atoms with Crippen molar-refractivity contribution in [2.75, 3.05) is 14.2 Å². The highest BCUT2D eigenvalue weighted by Crippen LogP contribution is 2.30. The lowest BCUT2D eigenvalue weighted by Crippen LogP contribution is -2.00. The summed E-state index contributed by atoms with van der Waals surface area (Å²) in [6.45, 7) is 0.309. The Balaban J connectivity index is 2.18. The summed E-state index contributed by atoms with van der Waals surface area (Å²) in [4.78, 5) is 0. The van der Waals surface area contributed by atoms with Crippen LogP contribution in [0, 0.1) is 11.3 Å². The number of nitriles is 1. The van der Waals surface area contributed by atoms with E-state index in [0.717, 1.165) is 15.8 Å². The summed E-state index contributed by atoms with van der Waals surface area (Å²) in [5.41, 5.74) is 1.39. The van der Waals surface area contributed by atoms with E-state index in [2.05, 4.69) is 22.0 Å². The zero-order valence-electron chi connectivity index (χ0n) is 11.7. The molecule has 0 saturated heterocycles. The molecule has 0 unspecified atom stereocenters. The molecule has 0 aliphatic rings. The van der Waals surface area contributed by atoms with Crippen molar-refractivity contribution >= 4 is 15.9 Å². The molecule has 0 spiro atoms. The molecule has 2 aromatic rings. The fourth-order valence-electron chi connectivity index (χ4n) is 1.84. The Morgan fingerprint density at radius 3 is 2.43 bits per heavy atom. The van der Waals surface area contributed by atoms with Gasteiger partial charge in [0, 0.05) is 5.56 Å². The molecule has 0 saturated carbocycles. The molecule has 108 valence electrons. The van der Waals surface area contributed by atoms with Gasteiger partial charge >= 0.3 is 0 Å². The van der Waals surface area contributed by atoms with Gasteiger partial charge in [0.05, 0.1) is 30.3 Å². The number of hydrogen-bond donors (Lipinski definition) is 0. The minimum absolute atomic E-state index is 0.309. The third-order valence-corrected chi connectivity index (χ3v) is 3.55. The third kappa shape index (κ3) is 3.67. The maximum absolute atomic E-state index is 8.96. The molecule has 0 aliphatic carbocycles. The predicted octanol–water partition coefficient (Wildman–Crippen LogP) is 3.92. The number of methoxy groups -OCH3 is 2. The van der Waals surface area contributed by atoms with E-state index in [1.54, 1.807) is 32.4 Å². The lowest BCUT2D eigenvalue weighted by atomic mass is 10.1. The first-order valence-corrected chi connectivity index (χ1v) is 7.00. The minimum Gasteiger partial charge on any atom is -0.497 e. The van der Waals surface area contributed by atoms with E-state index in [-0.39, 0.29) is 0 Å². The van der Waals surface area contributed by atoms with Crippen LogP contribution in [0.1, 0.15) is 11.1 Å². The quantitative estimate of drug-likeness (QED) is 0.822. The molecule has 4 nitrogen and oxygen atoms in total. The monoisotopic (exact) mass is 347 g/mol. The molecule has 0 aromatic heterocycles. The van der Waals surface area contributed by atoms with Crippen molar-refractivity contribution in [3.8, 4) is 23.3 Å². The first kappa shape index (κ1) is 15.2. The Morgan fingerprint density at radius 2 is 1.81 bits per heavy atom. The van der Waals surface area contributed by atoms with E-state index in [0.29, 0.717) is 23.7 Å². The van der Waals surface area contributed by atoms with Gasteiger partial charge < -0.3 is 14.2 Å². The van der Waals surface area contributed by atoms with Crippen molar-refractivity contribution in [3.63, 3.8) is 0 Å². The molecular weight excluding hydrogens is 334 g/mol. The highest BCUT2D eigenvalue weighted by atomic mass is 79.9. The van der Waals surface area contributed by atoms with Gasteiger partial charge in [0.15, 0.2) is 0 Å². The summed E-state index contributed by atoms with van der Waals surface area (Å²) in [6.07, 6.45) is 0. The Morgan fingerprint density at radius 1 is 1.05 bits per heavy atom. The van der Waals surface area contributed by atoms with E-state index in [1.165, 1.54) is 0 Å². The number of hydrogen-bond acceptors (Lipinski definition) is 4. The smallest absolute Gasteiger partial charge is 0.134 e. The van der Waals surface area contributed by atoms with Crippen molar-refractivity contribution in [2.24, 2.45) is 0 Å². The molecule has 0 amide bonds. The summed E-state index contributed by atoms with van der Waals surface area (Å²) in [7, 11) is 3.20. The van der Waals surface area contributed by atoms with Crippen molar-refractivity contribution in [2.45, 2.75) is 6.61 Å². The molecular formula is C16H14BrNO3. The Bertz CT molecular complexity index is 680. The predicted molar refractivity (Wildman–Crippen MR) is 82.7 cm³/mol. The van der Waals surface area contributed by atoms with E-state index in [1.807, 2.05) is 18.2 Å². The average Bonchev–Trinajstić information content (AvgIpc) is 2.53. The second-order valence-electron chi connectivity index (χ2n) is 4.22. The first-order valence-electron chi connectivity index (χ1n) is 6.21. The molecule has 0 N–H and O–H groups in total. The molecule has 0 heterocycles. The Hall–Kier alpha value is -2.19. The third-order valence-electron chi connectivity index (χ3n) is 2.93. The van der Waals surface area contributed by atoms with Gasteiger partial charge in [0.2, 0.25) is 0 Å². The van der Waals surface area contributed by atoms with E-state index in [4.69, 9.17) is 19.5 Å². The van der Waals surface area contributed by atoms with Crippen LogP contribution in [0.25, 0.3) is 0 Å². The van der Waals surface area contributed by atoms with Crippen LogP contribution in [0.4, 0.5) is 0 Å². The maximum atomic E-state index is 8.96. The summed E-state index contributed by atoms with van der Waals surface area (Å²) in [5.74, 6) is 2.14. The van der Waals surface area contributed by atoms with Crippen LogP contribution in [0.2, 0.25) is 0 Å². The minimum atomic E-state index is 0.309. The van der Waals surface area contributed by atoms with Crippen LogP contribution >= 0.6 is 15.9 Å². The maximum Gasteiger partial charge on any atom is 0.134 e. The number of rotatable bonds is 5. The summed E-state index contributed by atoms with van der Waals surface area (Å²) < 4.78 is 17.0. The Kier molecular flexibility index (Phi) is 5.07. The van der Waals surface area contributed by atoms with Gasteiger partial charge in [-0.3, -0.25) is 0 Å². The molecule has 21 heavy (non-hydrogen) atoms. The molecule has 0 bridgehead atoms. The molecule has 0 aliphatic heterocycles. The van der Waals surface area contributed by atoms with Crippen molar-refractivity contribution in [1.29, 1.82) is 5.26 Å². The molecule has 2 rings (SSSR count). The van der Waals surface area contributed by atoms with Crippen LogP contribution in [0.3, 0.4) is 0 Å².